The van der Waals surface area contributed by atoms with Crippen molar-refractivity contribution < 1.29 is 19.0 Å². The summed E-state index contributed by atoms with van der Waals surface area (Å²) in [6, 6.07) is 5.38. The maximum absolute atomic E-state index is 12.9. The second-order valence-corrected chi connectivity index (χ2v) is 2.93. The molecule has 0 fully saturated rings. The summed E-state index contributed by atoms with van der Waals surface area (Å²) >= 11 is 0. The van der Waals surface area contributed by atoms with E-state index in [0.29, 0.717) is 0 Å². The van der Waals surface area contributed by atoms with Crippen LogP contribution in [0, 0.1) is 0 Å². The van der Waals surface area contributed by atoms with Gasteiger partial charge in [0, 0.05) is 5.56 Å². The van der Waals surface area contributed by atoms with Crippen molar-refractivity contribution in [2.45, 2.75) is 12.0 Å². The van der Waals surface area contributed by atoms with Crippen molar-refractivity contribution in [3.05, 3.63) is 29.8 Å². The van der Waals surface area contributed by atoms with Gasteiger partial charge in [-0.3, -0.25) is 0 Å². The van der Waals surface area contributed by atoms with Crippen LogP contribution in [0.5, 0.6) is 5.75 Å². The third-order valence-electron chi connectivity index (χ3n) is 1.90. The van der Waals surface area contributed by atoms with Gasteiger partial charge in [0.1, 0.15) is 11.9 Å². The van der Waals surface area contributed by atoms with Gasteiger partial charge < -0.3 is 15.9 Å². The lowest BCUT2D eigenvalue weighted by Crippen LogP contribution is -2.34. The van der Waals surface area contributed by atoms with Gasteiger partial charge in [0.05, 0.1) is 6.54 Å². The monoisotopic (exact) mass is 203 g/mol. The number of aromatic hydroxyl groups is 1. The summed E-state index contributed by atoms with van der Waals surface area (Å²) < 4.78 is 25.9. The molecule has 78 valence electrons. The normalized spacial score (nSPS) is 14.0. The lowest BCUT2D eigenvalue weighted by atomic mass is 10.0. The second kappa shape index (κ2) is 3.89. The van der Waals surface area contributed by atoms with E-state index in [9.17, 15) is 19.0 Å². The highest BCUT2D eigenvalue weighted by atomic mass is 19.3. The first kappa shape index (κ1) is 10.9. The fraction of sp³-hybridized carbons (Fsp3) is 0.333. The molecule has 1 aromatic rings. The molecule has 1 atom stereocenters. The predicted octanol–water partition coefficient (Wildman–Crippen LogP) is 1.02. The summed E-state index contributed by atoms with van der Waals surface area (Å²) in [5.41, 5.74) is 4.58. The minimum Gasteiger partial charge on any atom is -0.508 e. The Morgan fingerprint density at radius 2 is 1.93 bits per heavy atom. The van der Waals surface area contributed by atoms with Gasteiger partial charge >= 0.3 is 0 Å². The number of phenols is 1. The topological polar surface area (TPSA) is 66.5 Å². The third kappa shape index (κ3) is 2.00. The molecule has 1 aromatic carbocycles. The molecule has 3 nitrogen and oxygen atoms in total. The third-order valence-corrected chi connectivity index (χ3v) is 1.90. The highest BCUT2D eigenvalue weighted by molar-refractivity contribution is 5.34. The molecule has 0 saturated carbocycles. The van der Waals surface area contributed by atoms with E-state index in [1.807, 2.05) is 0 Å². The van der Waals surface area contributed by atoms with Crippen LogP contribution < -0.4 is 5.73 Å². The number of hydrogen-bond donors (Lipinski definition) is 3. The van der Waals surface area contributed by atoms with E-state index >= 15 is 0 Å². The van der Waals surface area contributed by atoms with Gasteiger partial charge in [-0.1, -0.05) is 18.2 Å². The smallest absolute Gasteiger partial charge is 0.289 e. The summed E-state index contributed by atoms with van der Waals surface area (Å²) in [7, 11) is 0. The molecule has 0 amide bonds. The SMILES string of the molecule is NCC(F)(F)C(O)c1ccccc1O. The Labute approximate surface area is 79.8 Å². The summed E-state index contributed by atoms with van der Waals surface area (Å²) in [4.78, 5) is 0. The number of para-hydroxylation sites is 1. The molecular formula is C9H11F2NO2. The molecular weight excluding hydrogens is 192 g/mol. The summed E-state index contributed by atoms with van der Waals surface area (Å²) in [6.07, 6.45) is -2.08. The Morgan fingerprint density at radius 1 is 1.36 bits per heavy atom. The zero-order valence-electron chi connectivity index (χ0n) is 7.32. The number of benzene rings is 1. The van der Waals surface area contributed by atoms with Crippen molar-refractivity contribution >= 4 is 0 Å². The van der Waals surface area contributed by atoms with Crippen molar-refractivity contribution in [1.29, 1.82) is 0 Å². The van der Waals surface area contributed by atoms with Crippen LogP contribution >= 0.6 is 0 Å². The Bertz CT molecular complexity index is 317. The highest BCUT2D eigenvalue weighted by Crippen LogP contribution is 2.34. The van der Waals surface area contributed by atoms with Gasteiger partial charge in [0.15, 0.2) is 0 Å². The average molecular weight is 203 g/mol. The first-order valence-electron chi connectivity index (χ1n) is 4.03. The van der Waals surface area contributed by atoms with Crippen molar-refractivity contribution in [3.63, 3.8) is 0 Å². The Hall–Kier alpha value is -1.20. The van der Waals surface area contributed by atoms with Gasteiger partial charge in [-0.15, -0.1) is 0 Å². The zero-order chi connectivity index (χ0) is 10.8. The van der Waals surface area contributed by atoms with E-state index in [4.69, 9.17) is 5.73 Å². The fourth-order valence-corrected chi connectivity index (χ4v) is 1.06. The Balaban J connectivity index is 3.00. The van der Waals surface area contributed by atoms with Crippen molar-refractivity contribution in [2.75, 3.05) is 6.54 Å². The number of phenolic OH excluding ortho intramolecular Hbond substituents is 1. The average Bonchev–Trinajstić information content (AvgIpc) is 2.17. The minimum atomic E-state index is -3.43. The fourth-order valence-electron chi connectivity index (χ4n) is 1.06. The van der Waals surface area contributed by atoms with Gasteiger partial charge in [-0.05, 0) is 6.07 Å². The maximum atomic E-state index is 12.9. The highest BCUT2D eigenvalue weighted by Gasteiger charge is 2.39. The first-order chi connectivity index (χ1) is 6.49. The number of alkyl halides is 2. The van der Waals surface area contributed by atoms with Crippen LogP contribution in [0.4, 0.5) is 8.78 Å². The second-order valence-electron chi connectivity index (χ2n) is 2.93. The Morgan fingerprint density at radius 3 is 2.43 bits per heavy atom. The van der Waals surface area contributed by atoms with E-state index in [1.54, 1.807) is 0 Å². The predicted molar refractivity (Wildman–Crippen MR) is 47.1 cm³/mol. The lowest BCUT2D eigenvalue weighted by Gasteiger charge is -2.21. The maximum Gasteiger partial charge on any atom is 0.289 e. The molecule has 0 aliphatic rings. The summed E-state index contributed by atoms with van der Waals surface area (Å²) in [6.45, 7) is -0.970. The number of halogens is 2. The number of hydrogen-bond acceptors (Lipinski definition) is 3. The van der Waals surface area contributed by atoms with Crippen LogP contribution in [0.15, 0.2) is 24.3 Å². The molecule has 0 aromatic heterocycles. The molecule has 0 spiro atoms. The van der Waals surface area contributed by atoms with Crippen molar-refractivity contribution in [1.82, 2.24) is 0 Å². The molecule has 5 heteroatoms. The molecule has 1 unspecified atom stereocenters. The quantitative estimate of drug-likeness (QED) is 0.687. The number of aliphatic hydroxyl groups is 1. The summed E-state index contributed by atoms with van der Waals surface area (Å²) in [5.74, 6) is -3.80. The van der Waals surface area contributed by atoms with Crippen LogP contribution in [0.3, 0.4) is 0 Å². The molecule has 0 heterocycles. The largest absolute Gasteiger partial charge is 0.508 e. The van der Waals surface area contributed by atoms with Crippen molar-refractivity contribution in [2.24, 2.45) is 5.73 Å². The van der Waals surface area contributed by atoms with Crippen LogP contribution in [0.25, 0.3) is 0 Å². The number of aliphatic hydroxyl groups excluding tert-OH is 1. The van der Waals surface area contributed by atoms with E-state index in [2.05, 4.69) is 0 Å². The molecule has 1 rings (SSSR count). The molecule has 4 N–H and O–H groups in total. The van der Waals surface area contributed by atoms with E-state index in [1.165, 1.54) is 24.3 Å². The molecule has 0 aliphatic carbocycles. The zero-order valence-corrected chi connectivity index (χ0v) is 7.32. The molecule has 14 heavy (non-hydrogen) atoms. The molecule has 0 aliphatic heterocycles. The van der Waals surface area contributed by atoms with E-state index in [-0.39, 0.29) is 11.3 Å². The minimum absolute atomic E-state index is 0.219. The molecule has 0 bridgehead atoms. The lowest BCUT2D eigenvalue weighted by molar-refractivity contribution is -0.103. The molecule has 0 radical (unpaired) electrons. The van der Waals surface area contributed by atoms with Crippen molar-refractivity contribution in [3.8, 4) is 5.75 Å². The van der Waals surface area contributed by atoms with Crippen LogP contribution in [0.1, 0.15) is 11.7 Å². The van der Waals surface area contributed by atoms with E-state index < -0.39 is 18.6 Å². The number of rotatable bonds is 3. The van der Waals surface area contributed by atoms with Gasteiger partial charge in [0.25, 0.3) is 5.92 Å². The van der Waals surface area contributed by atoms with Gasteiger partial charge in [0.2, 0.25) is 0 Å². The summed E-state index contributed by atoms with van der Waals surface area (Å²) in [5, 5.41) is 18.4. The van der Waals surface area contributed by atoms with Crippen LogP contribution in [-0.4, -0.2) is 22.7 Å². The molecule has 0 saturated heterocycles. The van der Waals surface area contributed by atoms with Crippen LogP contribution in [0.2, 0.25) is 0 Å². The van der Waals surface area contributed by atoms with E-state index in [0.717, 1.165) is 0 Å². The van der Waals surface area contributed by atoms with Crippen LogP contribution in [-0.2, 0) is 0 Å². The first-order valence-corrected chi connectivity index (χ1v) is 4.03. The number of nitrogens with two attached hydrogens (primary N) is 1. The van der Waals surface area contributed by atoms with Gasteiger partial charge in [-0.2, -0.15) is 0 Å². The standard InChI is InChI=1S/C9H11F2NO2/c10-9(11,5-12)8(14)6-3-1-2-4-7(6)13/h1-4,8,13-14H,5,12H2. The Kier molecular flexibility index (Phi) is 3.03. The van der Waals surface area contributed by atoms with Gasteiger partial charge in [-0.25, -0.2) is 8.78 Å².